The summed E-state index contributed by atoms with van der Waals surface area (Å²) in [6, 6.07) is 7.15. The zero-order valence-electron chi connectivity index (χ0n) is 12.7. The largest absolute Gasteiger partial charge is 0.478 e. The lowest BCUT2D eigenvalue weighted by Crippen LogP contribution is -2.38. The van der Waals surface area contributed by atoms with Gasteiger partial charge in [-0.25, -0.2) is 4.79 Å². The molecule has 0 aromatic heterocycles. The number of likely N-dealkylation sites (tertiary alicyclic amines) is 1. The highest BCUT2D eigenvalue weighted by molar-refractivity contribution is 5.87. The van der Waals surface area contributed by atoms with Crippen LogP contribution < -0.4 is 0 Å². The Balaban J connectivity index is 1.90. The van der Waals surface area contributed by atoms with Gasteiger partial charge in [-0.05, 0) is 42.9 Å². The van der Waals surface area contributed by atoms with Crippen molar-refractivity contribution in [2.45, 2.75) is 45.6 Å². The molecular formula is C17H23NO3. The van der Waals surface area contributed by atoms with E-state index in [1.807, 2.05) is 4.90 Å². The molecule has 1 atom stereocenters. The molecule has 0 aliphatic carbocycles. The zero-order valence-corrected chi connectivity index (χ0v) is 12.7. The van der Waals surface area contributed by atoms with E-state index in [0.29, 0.717) is 24.8 Å². The highest BCUT2D eigenvalue weighted by Crippen LogP contribution is 2.24. The van der Waals surface area contributed by atoms with Crippen molar-refractivity contribution < 1.29 is 14.7 Å². The lowest BCUT2D eigenvalue weighted by Gasteiger charge is -2.27. The molecule has 114 valence electrons. The average Bonchev–Trinajstić information content (AvgIpc) is 2.95. The van der Waals surface area contributed by atoms with Crippen LogP contribution in [0.4, 0.5) is 0 Å². The number of amides is 1. The molecule has 1 aliphatic heterocycles. The number of carboxylic acid groups (broad SMARTS) is 1. The molecule has 2 rings (SSSR count). The fourth-order valence-corrected chi connectivity index (χ4v) is 3.00. The molecule has 0 radical (unpaired) electrons. The van der Waals surface area contributed by atoms with E-state index in [-0.39, 0.29) is 11.5 Å². The number of benzene rings is 1. The second-order valence-electron chi connectivity index (χ2n) is 6.04. The second kappa shape index (κ2) is 6.74. The molecule has 1 amide bonds. The fourth-order valence-electron chi connectivity index (χ4n) is 3.00. The van der Waals surface area contributed by atoms with E-state index in [1.54, 1.807) is 24.3 Å². The van der Waals surface area contributed by atoms with Gasteiger partial charge in [0.15, 0.2) is 0 Å². The van der Waals surface area contributed by atoms with Crippen molar-refractivity contribution in [1.29, 1.82) is 0 Å². The van der Waals surface area contributed by atoms with Gasteiger partial charge in [-0.1, -0.05) is 26.0 Å². The first kappa shape index (κ1) is 15.5. The molecule has 1 aromatic carbocycles. The zero-order chi connectivity index (χ0) is 15.4. The fraction of sp³-hybridized carbons (Fsp3) is 0.529. The Kier molecular flexibility index (Phi) is 4.99. The maximum atomic E-state index is 12.3. The van der Waals surface area contributed by atoms with Crippen LogP contribution in [-0.2, 0) is 11.2 Å². The van der Waals surface area contributed by atoms with Gasteiger partial charge in [0.2, 0.25) is 5.91 Å². The molecule has 1 aliphatic rings. The summed E-state index contributed by atoms with van der Waals surface area (Å²) in [5.41, 5.74) is 1.29. The number of rotatable bonds is 5. The lowest BCUT2D eigenvalue weighted by molar-refractivity contribution is -0.132. The van der Waals surface area contributed by atoms with E-state index in [4.69, 9.17) is 5.11 Å². The molecule has 1 fully saturated rings. The van der Waals surface area contributed by atoms with Crippen LogP contribution in [0, 0.1) is 5.92 Å². The summed E-state index contributed by atoms with van der Waals surface area (Å²) in [4.78, 5) is 25.2. The first-order valence-electron chi connectivity index (χ1n) is 7.60. The third kappa shape index (κ3) is 3.84. The van der Waals surface area contributed by atoms with Gasteiger partial charge >= 0.3 is 5.97 Å². The van der Waals surface area contributed by atoms with Crippen LogP contribution in [0.15, 0.2) is 24.3 Å². The van der Waals surface area contributed by atoms with Crippen LogP contribution in [0.2, 0.25) is 0 Å². The van der Waals surface area contributed by atoms with Gasteiger partial charge in [0, 0.05) is 19.0 Å². The second-order valence-corrected chi connectivity index (χ2v) is 6.04. The molecule has 4 heteroatoms. The van der Waals surface area contributed by atoms with Crippen molar-refractivity contribution in [1.82, 2.24) is 4.90 Å². The lowest BCUT2D eigenvalue weighted by atomic mass is 10.0. The van der Waals surface area contributed by atoms with Crippen molar-refractivity contribution >= 4 is 11.9 Å². The summed E-state index contributed by atoms with van der Waals surface area (Å²) in [6.45, 7) is 5.21. The van der Waals surface area contributed by atoms with Crippen LogP contribution in [0.1, 0.15) is 49.0 Å². The minimum atomic E-state index is -0.922. The van der Waals surface area contributed by atoms with Crippen LogP contribution in [-0.4, -0.2) is 34.5 Å². The molecule has 0 spiro atoms. The first-order chi connectivity index (χ1) is 9.99. The van der Waals surface area contributed by atoms with E-state index < -0.39 is 5.97 Å². The smallest absolute Gasteiger partial charge is 0.335 e. The minimum absolute atomic E-state index is 0.216. The topological polar surface area (TPSA) is 57.6 Å². The summed E-state index contributed by atoms with van der Waals surface area (Å²) < 4.78 is 0. The first-order valence-corrected chi connectivity index (χ1v) is 7.60. The molecule has 1 N–H and O–H groups in total. The summed E-state index contributed by atoms with van der Waals surface area (Å²) >= 11 is 0. The number of carbonyl (C=O) groups is 2. The number of hydrogen-bond donors (Lipinski definition) is 1. The Morgan fingerprint density at radius 1 is 1.29 bits per heavy atom. The van der Waals surface area contributed by atoms with Gasteiger partial charge < -0.3 is 10.0 Å². The average molecular weight is 289 g/mol. The van der Waals surface area contributed by atoms with Crippen molar-refractivity contribution in [3.63, 3.8) is 0 Å². The van der Waals surface area contributed by atoms with Gasteiger partial charge in [0.05, 0.1) is 5.56 Å². The number of hydrogen-bond acceptors (Lipinski definition) is 2. The molecule has 1 heterocycles. The maximum absolute atomic E-state index is 12.3. The third-order valence-corrected chi connectivity index (χ3v) is 4.22. The van der Waals surface area contributed by atoms with Crippen molar-refractivity contribution in [2.75, 3.05) is 6.54 Å². The highest BCUT2D eigenvalue weighted by Gasteiger charge is 2.30. The Morgan fingerprint density at radius 2 is 1.95 bits per heavy atom. The Labute approximate surface area is 125 Å². The van der Waals surface area contributed by atoms with Crippen LogP contribution in [0.3, 0.4) is 0 Å². The number of carbonyl (C=O) groups excluding carboxylic acids is 1. The molecule has 0 saturated carbocycles. The predicted octanol–water partition coefficient (Wildman–Crippen LogP) is 2.96. The quantitative estimate of drug-likeness (QED) is 0.906. The number of aromatic carboxylic acids is 1. The van der Waals surface area contributed by atoms with Gasteiger partial charge in [-0.3, -0.25) is 4.79 Å². The molecule has 0 bridgehead atoms. The number of nitrogens with zero attached hydrogens (tertiary/aromatic N) is 1. The SMILES string of the molecule is CC(C)C1CCCN1C(=O)CCc1ccc(C(=O)O)cc1. The molecular weight excluding hydrogens is 266 g/mol. The van der Waals surface area contributed by atoms with E-state index in [9.17, 15) is 9.59 Å². The normalized spacial score (nSPS) is 18.2. The van der Waals surface area contributed by atoms with Crippen molar-refractivity contribution in [3.8, 4) is 0 Å². The maximum Gasteiger partial charge on any atom is 0.335 e. The summed E-state index contributed by atoms with van der Waals surface area (Å²) in [5, 5.41) is 8.86. The Hall–Kier alpha value is -1.84. The molecule has 4 nitrogen and oxygen atoms in total. The van der Waals surface area contributed by atoms with E-state index >= 15 is 0 Å². The minimum Gasteiger partial charge on any atom is -0.478 e. The van der Waals surface area contributed by atoms with Crippen LogP contribution in [0.25, 0.3) is 0 Å². The monoisotopic (exact) mass is 289 g/mol. The summed E-state index contributed by atoms with van der Waals surface area (Å²) in [5.74, 6) is -0.200. The third-order valence-electron chi connectivity index (χ3n) is 4.22. The van der Waals surface area contributed by atoms with Gasteiger partial charge in [0.25, 0.3) is 0 Å². The van der Waals surface area contributed by atoms with E-state index in [0.717, 1.165) is 24.9 Å². The summed E-state index contributed by atoms with van der Waals surface area (Å²) in [7, 11) is 0. The molecule has 1 aromatic rings. The molecule has 1 unspecified atom stereocenters. The Morgan fingerprint density at radius 3 is 2.52 bits per heavy atom. The van der Waals surface area contributed by atoms with Crippen molar-refractivity contribution in [2.24, 2.45) is 5.92 Å². The van der Waals surface area contributed by atoms with Crippen molar-refractivity contribution in [3.05, 3.63) is 35.4 Å². The molecule has 1 saturated heterocycles. The molecule has 21 heavy (non-hydrogen) atoms. The Bertz CT molecular complexity index is 507. The highest BCUT2D eigenvalue weighted by atomic mass is 16.4. The summed E-state index contributed by atoms with van der Waals surface area (Å²) in [6.07, 6.45) is 3.37. The van der Waals surface area contributed by atoms with Gasteiger partial charge in [-0.2, -0.15) is 0 Å². The van der Waals surface area contributed by atoms with Gasteiger partial charge in [-0.15, -0.1) is 0 Å². The van der Waals surface area contributed by atoms with E-state index in [2.05, 4.69) is 13.8 Å². The number of aryl methyl sites for hydroxylation is 1. The van der Waals surface area contributed by atoms with Crippen LogP contribution >= 0.6 is 0 Å². The number of carboxylic acids is 1. The van der Waals surface area contributed by atoms with Crippen LogP contribution in [0.5, 0.6) is 0 Å². The standard InChI is InChI=1S/C17H23NO3/c1-12(2)15-4-3-11-18(15)16(19)10-7-13-5-8-14(9-6-13)17(20)21/h5-6,8-9,12,15H,3-4,7,10-11H2,1-2H3,(H,20,21). The predicted molar refractivity (Wildman–Crippen MR) is 81.3 cm³/mol. The van der Waals surface area contributed by atoms with E-state index in [1.165, 1.54) is 0 Å². The van der Waals surface area contributed by atoms with Gasteiger partial charge in [0.1, 0.15) is 0 Å².